The quantitative estimate of drug-likeness (QED) is 0.832. The van der Waals surface area contributed by atoms with Crippen LogP contribution in [0.15, 0.2) is 18.6 Å². The fourth-order valence-corrected chi connectivity index (χ4v) is 1.71. The van der Waals surface area contributed by atoms with Gasteiger partial charge in [0.2, 0.25) is 0 Å². The summed E-state index contributed by atoms with van der Waals surface area (Å²) >= 11 is 0. The van der Waals surface area contributed by atoms with Gasteiger partial charge in [-0.25, -0.2) is 0 Å². The van der Waals surface area contributed by atoms with Gasteiger partial charge >= 0.3 is 0 Å². The first-order valence-electron chi connectivity index (χ1n) is 5.43. The van der Waals surface area contributed by atoms with Gasteiger partial charge in [0, 0.05) is 44.2 Å². The molecule has 0 unspecified atom stereocenters. The highest BCUT2D eigenvalue weighted by atomic mass is 15.3. The zero-order valence-electron chi connectivity index (χ0n) is 9.94. The third kappa shape index (κ3) is 2.14. The van der Waals surface area contributed by atoms with Crippen LogP contribution < -0.4 is 5.32 Å². The van der Waals surface area contributed by atoms with Crippen LogP contribution in [0.2, 0.25) is 0 Å². The van der Waals surface area contributed by atoms with Gasteiger partial charge in [0.1, 0.15) is 0 Å². The Kier molecular flexibility index (Phi) is 3.05. The lowest BCUT2D eigenvalue weighted by atomic mass is 10.1. The number of aromatic nitrogens is 4. The molecular formula is C11H17N5. The van der Waals surface area contributed by atoms with E-state index >= 15 is 0 Å². The molecule has 0 fully saturated rings. The highest BCUT2D eigenvalue weighted by Gasteiger charge is 2.10. The third-order valence-corrected chi connectivity index (χ3v) is 2.45. The van der Waals surface area contributed by atoms with E-state index in [2.05, 4.69) is 22.4 Å². The molecule has 0 atom stereocenters. The second-order valence-electron chi connectivity index (χ2n) is 3.86. The Balaban J connectivity index is 2.32. The van der Waals surface area contributed by atoms with Gasteiger partial charge in [0.05, 0.1) is 11.9 Å². The van der Waals surface area contributed by atoms with Crippen molar-refractivity contribution in [2.75, 3.05) is 6.54 Å². The third-order valence-electron chi connectivity index (χ3n) is 2.45. The summed E-state index contributed by atoms with van der Waals surface area (Å²) in [6.07, 6.45) is 5.88. The fraction of sp³-hybridized carbons (Fsp3) is 0.455. The lowest BCUT2D eigenvalue weighted by Gasteiger charge is -2.00. The molecule has 0 saturated heterocycles. The van der Waals surface area contributed by atoms with Gasteiger partial charge in [-0.15, -0.1) is 0 Å². The van der Waals surface area contributed by atoms with Crippen LogP contribution in [0.4, 0.5) is 0 Å². The predicted molar refractivity (Wildman–Crippen MR) is 62.8 cm³/mol. The fourth-order valence-electron chi connectivity index (χ4n) is 1.71. The topological polar surface area (TPSA) is 47.7 Å². The van der Waals surface area contributed by atoms with Crippen LogP contribution in [-0.4, -0.2) is 26.1 Å². The van der Waals surface area contributed by atoms with E-state index in [9.17, 15) is 0 Å². The maximum absolute atomic E-state index is 4.47. The van der Waals surface area contributed by atoms with Gasteiger partial charge in [0.25, 0.3) is 0 Å². The Morgan fingerprint density at radius 3 is 2.69 bits per heavy atom. The number of nitrogens with one attached hydrogen (secondary N) is 1. The molecule has 0 spiro atoms. The number of hydrogen-bond acceptors (Lipinski definition) is 3. The minimum absolute atomic E-state index is 0.842. The van der Waals surface area contributed by atoms with Crippen LogP contribution in [0.5, 0.6) is 0 Å². The summed E-state index contributed by atoms with van der Waals surface area (Å²) in [6.45, 7) is 3.90. The largest absolute Gasteiger partial charge is 0.313 e. The van der Waals surface area contributed by atoms with Gasteiger partial charge in [0.15, 0.2) is 0 Å². The van der Waals surface area contributed by atoms with Crippen LogP contribution >= 0.6 is 0 Å². The number of nitrogens with zero attached hydrogens (tertiary/aromatic N) is 4. The standard InChI is InChI=1S/C11H17N5/c1-4-12-5-9-8-16(3)14-11(9)10-6-13-15(2)7-10/h6-8,12H,4-5H2,1-3H3. The molecule has 2 rings (SSSR count). The van der Waals surface area contributed by atoms with E-state index in [0.29, 0.717) is 0 Å². The van der Waals surface area contributed by atoms with Crippen molar-refractivity contribution in [3.8, 4) is 11.3 Å². The average Bonchev–Trinajstić information content (AvgIpc) is 2.81. The van der Waals surface area contributed by atoms with Gasteiger partial charge in [-0.1, -0.05) is 6.92 Å². The molecule has 0 radical (unpaired) electrons. The molecular weight excluding hydrogens is 202 g/mol. The van der Waals surface area contributed by atoms with Crippen LogP contribution in [0, 0.1) is 0 Å². The Morgan fingerprint density at radius 1 is 1.25 bits per heavy atom. The minimum atomic E-state index is 0.842. The van der Waals surface area contributed by atoms with Crippen molar-refractivity contribution in [3.05, 3.63) is 24.2 Å². The zero-order valence-corrected chi connectivity index (χ0v) is 9.94. The second-order valence-corrected chi connectivity index (χ2v) is 3.86. The molecule has 0 amide bonds. The molecule has 2 aromatic heterocycles. The monoisotopic (exact) mass is 219 g/mol. The van der Waals surface area contributed by atoms with E-state index < -0.39 is 0 Å². The zero-order chi connectivity index (χ0) is 11.5. The molecule has 5 nitrogen and oxygen atoms in total. The first-order chi connectivity index (χ1) is 7.70. The van der Waals surface area contributed by atoms with Crippen LogP contribution in [0.3, 0.4) is 0 Å². The molecule has 2 heterocycles. The smallest absolute Gasteiger partial charge is 0.0999 e. The first kappa shape index (κ1) is 10.9. The van der Waals surface area contributed by atoms with Crippen molar-refractivity contribution < 1.29 is 0 Å². The Hall–Kier alpha value is -1.62. The van der Waals surface area contributed by atoms with Gasteiger partial charge < -0.3 is 5.32 Å². The SMILES string of the molecule is CCNCc1cn(C)nc1-c1cnn(C)c1. The van der Waals surface area contributed by atoms with Crippen LogP contribution in [0.1, 0.15) is 12.5 Å². The predicted octanol–water partition coefficient (Wildman–Crippen LogP) is 0.930. The van der Waals surface area contributed by atoms with E-state index in [0.717, 1.165) is 24.3 Å². The van der Waals surface area contributed by atoms with Crippen molar-refractivity contribution in [1.82, 2.24) is 24.9 Å². The van der Waals surface area contributed by atoms with Crippen LogP contribution in [0.25, 0.3) is 11.3 Å². The van der Waals surface area contributed by atoms with Crippen molar-refractivity contribution in [2.24, 2.45) is 14.1 Å². The molecule has 0 aromatic carbocycles. The van der Waals surface area contributed by atoms with E-state index in [-0.39, 0.29) is 0 Å². The van der Waals surface area contributed by atoms with E-state index in [1.54, 1.807) is 4.68 Å². The number of aryl methyl sites for hydroxylation is 2. The molecule has 0 aliphatic heterocycles. The summed E-state index contributed by atoms with van der Waals surface area (Å²) in [5.74, 6) is 0. The average molecular weight is 219 g/mol. The molecule has 0 aliphatic rings. The van der Waals surface area contributed by atoms with Crippen molar-refractivity contribution in [2.45, 2.75) is 13.5 Å². The summed E-state index contributed by atoms with van der Waals surface area (Å²) in [6, 6.07) is 0. The van der Waals surface area contributed by atoms with E-state index in [4.69, 9.17) is 0 Å². The van der Waals surface area contributed by atoms with Gasteiger partial charge in [-0.05, 0) is 6.54 Å². The Morgan fingerprint density at radius 2 is 2.06 bits per heavy atom. The molecule has 0 saturated carbocycles. The number of rotatable bonds is 4. The maximum atomic E-state index is 4.47. The van der Waals surface area contributed by atoms with Crippen molar-refractivity contribution in [1.29, 1.82) is 0 Å². The molecule has 5 heteroatoms. The van der Waals surface area contributed by atoms with Crippen LogP contribution in [-0.2, 0) is 20.6 Å². The van der Waals surface area contributed by atoms with Crippen molar-refractivity contribution in [3.63, 3.8) is 0 Å². The highest BCUT2D eigenvalue weighted by molar-refractivity contribution is 5.60. The van der Waals surface area contributed by atoms with Crippen molar-refractivity contribution >= 4 is 0 Å². The minimum Gasteiger partial charge on any atom is -0.313 e. The van der Waals surface area contributed by atoms with Gasteiger partial charge in [-0.3, -0.25) is 9.36 Å². The highest BCUT2D eigenvalue weighted by Crippen LogP contribution is 2.20. The molecule has 0 aliphatic carbocycles. The Bertz CT molecular complexity index is 468. The summed E-state index contributed by atoms with van der Waals surface area (Å²) in [5, 5.41) is 12.0. The second kappa shape index (κ2) is 4.49. The summed E-state index contributed by atoms with van der Waals surface area (Å²) in [7, 11) is 3.85. The summed E-state index contributed by atoms with van der Waals surface area (Å²) < 4.78 is 3.63. The molecule has 1 N–H and O–H groups in total. The lowest BCUT2D eigenvalue weighted by molar-refractivity contribution is 0.724. The number of hydrogen-bond donors (Lipinski definition) is 1. The Labute approximate surface area is 95.1 Å². The van der Waals surface area contributed by atoms with E-state index in [1.807, 2.05) is 37.4 Å². The summed E-state index contributed by atoms with van der Waals surface area (Å²) in [4.78, 5) is 0. The van der Waals surface area contributed by atoms with E-state index in [1.165, 1.54) is 5.56 Å². The molecule has 16 heavy (non-hydrogen) atoms. The van der Waals surface area contributed by atoms with Gasteiger partial charge in [-0.2, -0.15) is 10.2 Å². The molecule has 86 valence electrons. The molecule has 0 bridgehead atoms. The normalized spacial score (nSPS) is 10.9. The maximum Gasteiger partial charge on any atom is 0.0999 e. The lowest BCUT2D eigenvalue weighted by Crippen LogP contribution is -2.11. The first-order valence-corrected chi connectivity index (χ1v) is 5.43. The summed E-state index contributed by atoms with van der Waals surface area (Å²) in [5.41, 5.74) is 3.28. The molecule has 2 aromatic rings.